The van der Waals surface area contributed by atoms with E-state index in [1.54, 1.807) is 19.1 Å². The third-order valence-electron chi connectivity index (χ3n) is 4.15. The summed E-state index contributed by atoms with van der Waals surface area (Å²) >= 11 is 0. The molecule has 1 rings (SSSR count). The molecule has 0 fully saturated rings. The van der Waals surface area contributed by atoms with E-state index in [2.05, 4.69) is 15.3 Å². The van der Waals surface area contributed by atoms with E-state index in [0.29, 0.717) is 17.7 Å². The first-order valence-corrected chi connectivity index (χ1v) is 9.65. The number of carbonyl (C=O) groups excluding carboxylic acids is 1. The van der Waals surface area contributed by atoms with E-state index < -0.39 is 12.1 Å². The Kier molecular flexibility index (Phi) is 10.4. The van der Waals surface area contributed by atoms with Crippen molar-refractivity contribution in [1.82, 2.24) is 5.32 Å². The van der Waals surface area contributed by atoms with Crippen LogP contribution in [-0.2, 0) is 9.53 Å². The van der Waals surface area contributed by atoms with Crippen LogP contribution in [0.2, 0.25) is 0 Å². The second kappa shape index (κ2) is 12.5. The number of hydrogen-bond acceptors (Lipinski definition) is 5. The number of halogens is 2. The predicted molar refractivity (Wildman–Crippen MR) is 118 cm³/mol. The van der Waals surface area contributed by atoms with Gasteiger partial charge in [-0.2, -0.15) is 0 Å². The number of aliphatic imine (C=N–C) groups is 2. The number of ether oxygens (including phenoxy) is 1. The molecule has 1 aromatic rings. The first-order valence-electron chi connectivity index (χ1n) is 9.65. The number of amides is 1. The molecule has 0 spiro atoms. The molecule has 8 heteroatoms. The monoisotopic (exact) mass is 420 g/mol. The van der Waals surface area contributed by atoms with Crippen molar-refractivity contribution in [1.29, 1.82) is 0 Å². The normalized spacial score (nSPS) is 14.8. The molecule has 0 aromatic heterocycles. The van der Waals surface area contributed by atoms with Gasteiger partial charge in [-0.05, 0) is 44.9 Å². The molecule has 3 N–H and O–H groups in total. The second-order valence-electron chi connectivity index (χ2n) is 6.76. The Labute approximate surface area is 176 Å². The van der Waals surface area contributed by atoms with Crippen LogP contribution >= 0.6 is 0 Å². The molecule has 0 aliphatic carbocycles. The molecular formula is C22H30F2N4O2. The topological polar surface area (TPSA) is 89.1 Å². The lowest BCUT2D eigenvalue weighted by Crippen LogP contribution is -2.33. The first-order chi connectivity index (χ1) is 14.2. The number of rotatable bonds is 9. The van der Waals surface area contributed by atoms with Crippen LogP contribution in [0.3, 0.4) is 0 Å². The van der Waals surface area contributed by atoms with Crippen LogP contribution in [0.25, 0.3) is 5.70 Å². The van der Waals surface area contributed by atoms with E-state index >= 15 is 0 Å². The van der Waals surface area contributed by atoms with E-state index in [1.165, 1.54) is 32.4 Å². The van der Waals surface area contributed by atoms with Gasteiger partial charge in [-0.15, -0.1) is 0 Å². The van der Waals surface area contributed by atoms with Crippen LogP contribution in [0.5, 0.6) is 0 Å². The van der Waals surface area contributed by atoms with Crippen molar-refractivity contribution in [3.8, 4) is 0 Å². The molecule has 0 aliphatic heterocycles. The number of methoxy groups -OCH3 is 1. The summed E-state index contributed by atoms with van der Waals surface area (Å²) in [6.07, 6.45) is 0.844. The van der Waals surface area contributed by atoms with E-state index in [-0.39, 0.29) is 36.1 Å². The molecular weight excluding hydrogens is 390 g/mol. The highest BCUT2D eigenvalue weighted by Gasteiger charge is 2.13. The van der Waals surface area contributed by atoms with Crippen molar-refractivity contribution >= 4 is 23.7 Å². The molecule has 0 radical (unpaired) electrons. The lowest BCUT2D eigenvalue weighted by atomic mass is 10.1. The Balaban J connectivity index is 3.05. The van der Waals surface area contributed by atoms with Gasteiger partial charge in [0.25, 0.3) is 5.91 Å². The van der Waals surface area contributed by atoms with E-state index in [9.17, 15) is 13.6 Å². The SMILES string of the molecule is CCC(C)=C(N=C(CNC(=O)/C(C=NCC(C)F)=C(\C)N)OC)c1cccc(F)c1. The van der Waals surface area contributed by atoms with Gasteiger partial charge in [0, 0.05) is 17.5 Å². The number of nitrogens with one attached hydrogen (secondary N) is 1. The standard InChI is InChI=1S/C22H30F2N4O2/c1-6-14(2)21(17-8-7-9-18(24)10-17)28-20(30-5)13-27-22(29)19(16(4)25)12-26-11-15(3)23/h7-10,12,15H,6,11,13,25H2,1-5H3,(H,27,29)/b19-16+,21-14?,26-12?,28-20?. The number of carbonyl (C=O) groups is 1. The summed E-state index contributed by atoms with van der Waals surface area (Å²) in [5, 5.41) is 2.66. The van der Waals surface area contributed by atoms with E-state index in [4.69, 9.17) is 10.5 Å². The third kappa shape index (κ3) is 8.14. The van der Waals surface area contributed by atoms with Crippen LogP contribution in [0.15, 0.2) is 51.1 Å². The zero-order valence-corrected chi connectivity index (χ0v) is 18.1. The van der Waals surface area contributed by atoms with Crippen molar-refractivity contribution in [3.05, 3.63) is 52.5 Å². The van der Waals surface area contributed by atoms with Crippen molar-refractivity contribution in [2.24, 2.45) is 15.7 Å². The molecule has 0 aliphatic rings. The highest BCUT2D eigenvalue weighted by atomic mass is 19.1. The quantitative estimate of drug-likeness (QED) is 0.362. The fourth-order valence-electron chi connectivity index (χ4n) is 2.37. The number of benzene rings is 1. The molecule has 6 nitrogen and oxygen atoms in total. The van der Waals surface area contributed by atoms with Crippen molar-refractivity contribution in [2.75, 3.05) is 20.2 Å². The Morgan fingerprint density at radius 1 is 1.37 bits per heavy atom. The Morgan fingerprint density at radius 3 is 2.60 bits per heavy atom. The summed E-state index contributed by atoms with van der Waals surface area (Å²) in [5.74, 6) is -0.622. The fraction of sp³-hybridized carbons (Fsp3) is 0.409. The Morgan fingerprint density at radius 2 is 2.07 bits per heavy atom. The molecule has 30 heavy (non-hydrogen) atoms. The Hall–Kier alpha value is -3.03. The maximum Gasteiger partial charge on any atom is 0.255 e. The number of hydrogen-bond donors (Lipinski definition) is 2. The van der Waals surface area contributed by atoms with Gasteiger partial charge in [-0.25, -0.2) is 13.8 Å². The molecule has 1 aromatic carbocycles. The van der Waals surface area contributed by atoms with Gasteiger partial charge in [0.1, 0.15) is 12.0 Å². The maximum atomic E-state index is 13.7. The van der Waals surface area contributed by atoms with Crippen LogP contribution in [0.1, 0.15) is 39.7 Å². The highest BCUT2D eigenvalue weighted by Crippen LogP contribution is 2.23. The average molecular weight is 421 g/mol. The smallest absolute Gasteiger partial charge is 0.255 e. The van der Waals surface area contributed by atoms with Gasteiger partial charge in [-0.3, -0.25) is 9.79 Å². The lowest BCUT2D eigenvalue weighted by Gasteiger charge is -2.12. The second-order valence-corrected chi connectivity index (χ2v) is 6.76. The number of nitrogens with zero attached hydrogens (tertiary/aromatic N) is 2. The highest BCUT2D eigenvalue weighted by molar-refractivity contribution is 6.13. The molecule has 164 valence electrons. The molecule has 1 unspecified atom stereocenters. The van der Waals surface area contributed by atoms with Crippen LogP contribution < -0.4 is 11.1 Å². The van der Waals surface area contributed by atoms with E-state index in [1.807, 2.05) is 13.8 Å². The van der Waals surface area contributed by atoms with Crippen LogP contribution in [-0.4, -0.2) is 44.4 Å². The maximum absolute atomic E-state index is 13.7. The van der Waals surface area contributed by atoms with Crippen molar-refractivity contribution in [2.45, 2.75) is 40.3 Å². The molecule has 1 atom stereocenters. The van der Waals surface area contributed by atoms with Crippen molar-refractivity contribution < 1.29 is 18.3 Å². The van der Waals surface area contributed by atoms with Crippen LogP contribution in [0, 0.1) is 5.82 Å². The van der Waals surface area contributed by atoms with Gasteiger partial charge in [0.15, 0.2) is 0 Å². The number of nitrogens with two attached hydrogens (primary N) is 1. The summed E-state index contributed by atoms with van der Waals surface area (Å²) in [6.45, 7) is 6.72. The first kappa shape index (κ1) is 25.0. The lowest BCUT2D eigenvalue weighted by molar-refractivity contribution is -0.116. The Bertz CT molecular complexity index is 854. The summed E-state index contributed by atoms with van der Waals surface area (Å²) in [4.78, 5) is 20.9. The molecule has 0 heterocycles. The molecule has 0 bridgehead atoms. The van der Waals surface area contributed by atoms with Gasteiger partial charge < -0.3 is 15.8 Å². The van der Waals surface area contributed by atoms with Crippen molar-refractivity contribution in [3.63, 3.8) is 0 Å². The predicted octanol–water partition coefficient (Wildman–Crippen LogP) is 3.79. The molecule has 0 saturated carbocycles. The summed E-state index contributed by atoms with van der Waals surface area (Å²) in [5.41, 5.74) is 8.26. The summed E-state index contributed by atoms with van der Waals surface area (Å²) in [7, 11) is 1.44. The zero-order valence-electron chi connectivity index (χ0n) is 18.1. The van der Waals surface area contributed by atoms with Gasteiger partial charge in [0.05, 0.1) is 31.5 Å². The van der Waals surface area contributed by atoms with Crippen LogP contribution in [0.4, 0.5) is 8.78 Å². The average Bonchev–Trinajstić information content (AvgIpc) is 2.70. The number of allylic oxidation sites excluding steroid dienone is 2. The summed E-state index contributed by atoms with van der Waals surface area (Å²) < 4.78 is 31.9. The van der Waals surface area contributed by atoms with Gasteiger partial charge in [0.2, 0.25) is 5.90 Å². The van der Waals surface area contributed by atoms with E-state index in [0.717, 1.165) is 5.57 Å². The molecule has 1 amide bonds. The fourth-order valence-corrected chi connectivity index (χ4v) is 2.37. The van der Waals surface area contributed by atoms with Gasteiger partial charge in [-0.1, -0.05) is 19.1 Å². The molecule has 0 saturated heterocycles. The minimum absolute atomic E-state index is 0.0186. The number of alkyl halides is 1. The third-order valence-corrected chi connectivity index (χ3v) is 4.15. The largest absolute Gasteiger partial charge is 0.483 e. The summed E-state index contributed by atoms with van der Waals surface area (Å²) in [6, 6.07) is 6.12. The van der Waals surface area contributed by atoms with Gasteiger partial charge >= 0.3 is 0 Å². The minimum atomic E-state index is -1.12. The zero-order chi connectivity index (χ0) is 22.7. The minimum Gasteiger partial charge on any atom is -0.483 e.